The Morgan fingerprint density at radius 1 is 1.15 bits per heavy atom. The van der Waals surface area contributed by atoms with Crippen LogP contribution < -0.4 is 9.64 Å². The number of carbonyl (C=O) groups excluding carboxylic acids is 1. The molecule has 0 N–H and O–H groups in total. The van der Waals surface area contributed by atoms with E-state index in [1.54, 1.807) is 56.3 Å². The fourth-order valence-electron chi connectivity index (χ4n) is 3.42. The zero-order chi connectivity index (χ0) is 19.4. The van der Waals surface area contributed by atoms with E-state index in [1.165, 1.54) is 11.0 Å². The number of rotatable bonds is 2. The molecule has 0 aliphatic carbocycles. The van der Waals surface area contributed by atoms with E-state index in [-0.39, 0.29) is 11.4 Å². The standard InChI is InChI=1S/C19H15BrN2O5/c1-18(2)19(21(17(23)27-18)14-6-4-3-5-7-14)9-8-12-10-13(20)11-15(22(24)25)16(12)26-19/h3-11H,1-2H3/t19-/m0/s1. The zero-order valence-corrected chi connectivity index (χ0v) is 16.1. The van der Waals surface area contributed by atoms with Crippen LogP contribution in [0.3, 0.4) is 0 Å². The van der Waals surface area contributed by atoms with Crippen LogP contribution in [-0.2, 0) is 4.74 Å². The molecule has 0 aromatic heterocycles. The highest BCUT2D eigenvalue weighted by Crippen LogP contribution is 2.50. The van der Waals surface area contributed by atoms with E-state index < -0.39 is 22.3 Å². The van der Waals surface area contributed by atoms with Gasteiger partial charge in [-0.1, -0.05) is 34.1 Å². The fourth-order valence-corrected chi connectivity index (χ4v) is 3.89. The molecule has 0 saturated carbocycles. The van der Waals surface area contributed by atoms with Gasteiger partial charge >= 0.3 is 11.8 Å². The van der Waals surface area contributed by atoms with E-state index >= 15 is 0 Å². The lowest BCUT2D eigenvalue weighted by Gasteiger charge is -2.42. The summed E-state index contributed by atoms with van der Waals surface area (Å²) in [7, 11) is 0. The second kappa shape index (κ2) is 5.82. The predicted octanol–water partition coefficient (Wildman–Crippen LogP) is 4.89. The highest BCUT2D eigenvalue weighted by atomic mass is 79.9. The van der Waals surface area contributed by atoms with E-state index in [0.717, 1.165) is 0 Å². The maximum atomic E-state index is 12.7. The minimum absolute atomic E-state index is 0.0954. The summed E-state index contributed by atoms with van der Waals surface area (Å²) >= 11 is 3.28. The Labute approximate surface area is 163 Å². The largest absolute Gasteiger partial charge is 0.452 e. The Hall–Kier alpha value is -2.87. The van der Waals surface area contributed by atoms with Crippen LogP contribution in [0.2, 0.25) is 0 Å². The van der Waals surface area contributed by atoms with Gasteiger partial charge in [0.25, 0.3) is 5.72 Å². The summed E-state index contributed by atoms with van der Waals surface area (Å²) in [6.45, 7) is 3.43. The number of nitro groups is 1. The number of nitro benzene ring substituents is 1. The first kappa shape index (κ1) is 17.5. The molecule has 0 radical (unpaired) electrons. The maximum absolute atomic E-state index is 12.7. The predicted molar refractivity (Wildman–Crippen MR) is 103 cm³/mol. The molecule has 7 nitrogen and oxygen atoms in total. The van der Waals surface area contributed by atoms with Crippen LogP contribution in [0.1, 0.15) is 19.4 Å². The van der Waals surface area contributed by atoms with Gasteiger partial charge in [-0.25, -0.2) is 9.69 Å². The summed E-state index contributed by atoms with van der Waals surface area (Å²) < 4.78 is 12.4. The number of carbonyl (C=O) groups is 1. The minimum atomic E-state index is -1.36. The molecule has 2 heterocycles. The van der Waals surface area contributed by atoms with Crippen LogP contribution in [0.4, 0.5) is 16.2 Å². The van der Waals surface area contributed by atoms with Crippen molar-refractivity contribution < 1.29 is 19.2 Å². The van der Waals surface area contributed by atoms with Crippen LogP contribution >= 0.6 is 15.9 Å². The zero-order valence-electron chi connectivity index (χ0n) is 14.5. The van der Waals surface area contributed by atoms with Gasteiger partial charge < -0.3 is 9.47 Å². The second-order valence-corrected chi connectivity index (χ2v) is 7.70. The monoisotopic (exact) mass is 430 g/mol. The fraction of sp³-hybridized carbons (Fsp3) is 0.211. The van der Waals surface area contributed by atoms with Crippen molar-refractivity contribution in [3.8, 4) is 5.75 Å². The Bertz CT molecular complexity index is 989. The highest BCUT2D eigenvalue weighted by molar-refractivity contribution is 9.10. The number of amides is 1. The van der Waals surface area contributed by atoms with E-state index in [2.05, 4.69) is 15.9 Å². The molecule has 1 fully saturated rings. The smallest absolute Gasteiger partial charge is 0.418 e. The highest BCUT2D eigenvalue weighted by Gasteiger charge is 2.63. The van der Waals surface area contributed by atoms with E-state index in [4.69, 9.17) is 9.47 Å². The third-order valence-corrected chi connectivity index (χ3v) is 5.20. The number of nitrogens with zero attached hydrogens (tertiary/aromatic N) is 2. The van der Waals surface area contributed by atoms with E-state index in [1.807, 2.05) is 6.07 Å². The molecule has 0 bridgehead atoms. The summed E-state index contributed by atoms with van der Waals surface area (Å²) in [5.74, 6) is 0.0954. The first-order valence-corrected chi connectivity index (χ1v) is 8.99. The van der Waals surface area contributed by atoms with E-state index in [0.29, 0.717) is 15.7 Å². The van der Waals surface area contributed by atoms with Crippen molar-refractivity contribution in [2.75, 3.05) is 4.90 Å². The Kier molecular flexibility index (Phi) is 3.78. The van der Waals surface area contributed by atoms with Crippen LogP contribution in [0, 0.1) is 10.1 Å². The van der Waals surface area contributed by atoms with Crippen molar-refractivity contribution in [3.05, 3.63) is 68.7 Å². The number of benzene rings is 2. The summed E-state index contributed by atoms with van der Waals surface area (Å²) in [5.41, 5.74) is -1.52. The number of hydrogen-bond acceptors (Lipinski definition) is 5. The molecule has 1 spiro atoms. The van der Waals surface area contributed by atoms with Crippen LogP contribution in [0.25, 0.3) is 6.08 Å². The maximum Gasteiger partial charge on any atom is 0.418 e. The van der Waals surface area contributed by atoms with Gasteiger partial charge in [-0.2, -0.15) is 0 Å². The van der Waals surface area contributed by atoms with Crippen molar-refractivity contribution in [2.45, 2.75) is 25.2 Å². The average molecular weight is 431 g/mol. The summed E-state index contributed by atoms with van der Waals surface area (Å²) in [6.07, 6.45) is 2.85. The molecule has 8 heteroatoms. The van der Waals surface area contributed by atoms with Crippen molar-refractivity contribution >= 4 is 39.5 Å². The van der Waals surface area contributed by atoms with Crippen LogP contribution in [0.5, 0.6) is 5.75 Å². The lowest BCUT2D eigenvalue weighted by molar-refractivity contribution is -0.386. The Balaban J connectivity index is 1.93. The number of para-hydroxylation sites is 1. The van der Waals surface area contributed by atoms with Gasteiger partial charge in [0.15, 0.2) is 5.60 Å². The summed E-state index contributed by atoms with van der Waals surface area (Å²) in [5, 5.41) is 11.6. The molecule has 27 heavy (non-hydrogen) atoms. The number of cyclic esters (lactones) is 1. The third kappa shape index (κ3) is 2.51. The Morgan fingerprint density at radius 3 is 2.52 bits per heavy atom. The number of halogens is 1. The van der Waals surface area contributed by atoms with Gasteiger partial charge in [-0.3, -0.25) is 10.1 Å². The van der Waals surface area contributed by atoms with Crippen molar-refractivity contribution in [1.82, 2.24) is 0 Å². The average Bonchev–Trinajstić information content (AvgIpc) is 2.80. The third-order valence-electron chi connectivity index (χ3n) is 4.74. The van der Waals surface area contributed by atoms with Crippen molar-refractivity contribution in [3.63, 3.8) is 0 Å². The van der Waals surface area contributed by atoms with Crippen LogP contribution in [-0.4, -0.2) is 22.3 Å². The molecule has 1 saturated heterocycles. The van der Waals surface area contributed by atoms with Gasteiger partial charge in [-0.05, 0) is 44.2 Å². The van der Waals surface area contributed by atoms with Gasteiger partial charge in [0.05, 0.1) is 10.6 Å². The number of anilines is 1. The lowest BCUT2D eigenvalue weighted by atomic mass is 9.90. The van der Waals surface area contributed by atoms with Gasteiger partial charge in [0.2, 0.25) is 5.75 Å². The molecule has 138 valence electrons. The van der Waals surface area contributed by atoms with Gasteiger partial charge in [0.1, 0.15) is 0 Å². The van der Waals surface area contributed by atoms with Gasteiger partial charge in [0, 0.05) is 16.1 Å². The van der Waals surface area contributed by atoms with Crippen LogP contribution in [0.15, 0.2) is 53.0 Å². The molecule has 2 aromatic carbocycles. The summed E-state index contributed by atoms with van der Waals surface area (Å²) in [4.78, 5) is 25.2. The van der Waals surface area contributed by atoms with E-state index in [9.17, 15) is 14.9 Å². The first-order chi connectivity index (χ1) is 12.7. The Morgan fingerprint density at radius 2 is 1.85 bits per heavy atom. The number of fused-ring (bicyclic) bond motifs is 1. The molecule has 0 unspecified atom stereocenters. The molecule has 1 atom stereocenters. The van der Waals surface area contributed by atoms with Crippen molar-refractivity contribution in [1.29, 1.82) is 0 Å². The molecule has 4 rings (SSSR count). The quantitative estimate of drug-likeness (QED) is 0.499. The number of ether oxygens (including phenoxy) is 2. The summed E-state index contributed by atoms with van der Waals surface area (Å²) in [6, 6.07) is 12.0. The molecule has 2 aliphatic heterocycles. The molecule has 2 aliphatic rings. The molecular formula is C19H15BrN2O5. The normalized spacial score (nSPS) is 22.3. The van der Waals surface area contributed by atoms with Crippen molar-refractivity contribution in [2.24, 2.45) is 0 Å². The molecular weight excluding hydrogens is 416 g/mol. The molecule has 2 aromatic rings. The van der Waals surface area contributed by atoms with Gasteiger partial charge in [-0.15, -0.1) is 0 Å². The minimum Gasteiger partial charge on any atom is -0.452 e. The second-order valence-electron chi connectivity index (χ2n) is 6.78. The number of hydrogen-bond donors (Lipinski definition) is 0. The first-order valence-electron chi connectivity index (χ1n) is 8.20. The topological polar surface area (TPSA) is 81.9 Å². The molecule has 1 amide bonds. The lowest BCUT2D eigenvalue weighted by Crippen LogP contribution is -2.60. The SMILES string of the molecule is CC1(C)OC(=O)N(c2ccccc2)[C@]12C=Cc1cc(Br)cc([N+](=O)[O-])c1O2.